The molecule has 0 aliphatic carbocycles. The molecule has 25 heavy (non-hydrogen) atoms. The molecule has 0 radical (unpaired) electrons. The van der Waals surface area contributed by atoms with Crippen molar-refractivity contribution in [1.82, 2.24) is 20.0 Å². The van der Waals surface area contributed by atoms with Crippen LogP contribution >= 0.6 is 24.8 Å². The van der Waals surface area contributed by atoms with E-state index in [-0.39, 0.29) is 30.9 Å². The first-order valence-corrected chi connectivity index (χ1v) is 9.08. The van der Waals surface area contributed by atoms with E-state index in [1.807, 2.05) is 11.7 Å². The molecular weight excluding hydrogens is 359 g/mol. The van der Waals surface area contributed by atoms with Gasteiger partial charge in [0.05, 0.1) is 11.7 Å². The van der Waals surface area contributed by atoms with Crippen molar-refractivity contribution in [2.24, 2.45) is 13.0 Å². The molecule has 2 fully saturated rings. The van der Waals surface area contributed by atoms with Gasteiger partial charge in [0.2, 0.25) is 5.91 Å². The summed E-state index contributed by atoms with van der Waals surface area (Å²) in [4.78, 5) is 14.9. The van der Waals surface area contributed by atoms with Crippen LogP contribution in [0.5, 0.6) is 0 Å². The van der Waals surface area contributed by atoms with Crippen LogP contribution in [0.15, 0.2) is 0 Å². The Morgan fingerprint density at radius 1 is 1.20 bits per heavy atom. The fraction of sp³-hybridized carbons (Fsp3) is 0.778. The van der Waals surface area contributed by atoms with E-state index in [9.17, 15) is 4.79 Å². The van der Waals surface area contributed by atoms with E-state index in [4.69, 9.17) is 0 Å². The lowest BCUT2D eigenvalue weighted by Gasteiger charge is -2.27. The second kappa shape index (κ2) is 9.79. The summed E-state index contributed by atoms with van der Waals surface area (Å²) in [7, 11) is 1.99. The molecule has 2 aliphatic heterocycles. The van der Waals surface area contributed by atoms with Gasteiger partial charge < -0.3 is 10.2 Å². The second-order valence-electron chi connectivity index (χ2n) is 7.19. The van der Waals surface area contributed by atoms with Crippen molar-refractivity contribution in [2.75, 3.05) is 19.6 Å². The summed E-state index contributed by atoms with van der Waals surface area (Å²) in [5.41, 5.74) is 3.55. The Hall–Kier alpha value is -0.780. The zero-order valence-corrected chi connectivity index (χ0v) is 17.2. The number of likely N-dealkylation sites (tertiary alicyclic amines) is 1. The number of aromatic nitrogens is 2. The van der Waals surface area contributed by atoms with Crippen molar-refractivity contribution < 1.29 is 4.79 Å². The Kier molecular flexibility index (Phi) is 8.72. The third-order valence-electron chi connectivity index (χ3n) is 5.70. The molecule has 0 spiro atoms. The SMILES string of the molecule is Cc1nn(C)c(C)c1C1CCCN1C(=O)CCC1CCNCC1.Cl.Cl. The molecular formula is C18H32Cl2N4O. The summed E-state index contributed by atoms with van der Waals surface area (Å²) in [6, 6.07) is 0.240. The van der Waals surface area contributed by atoms with Crippen molar-refractivity contribution in [3.05, 3.63) is 17.0 Å². The highest BCUT2D eigenvalue weighted by molar-refractivity contribution is 5.85. The monoisotopic (exact) mass is 390 g/mol. The first kappa shape index (κ1) is 22.3. The van der Waals surface area contributed by atoms with Gasteiger partial charge in [-0.2, -0.15) is 5.10 Å². The highest BCUT2D eigenvalue weighted by Gasteiger charge is 2.33. The van der Waals surface area contributed by atoms with Crippen LogP contribution in [0.2, 0.25) is 0 Å². The highest BCUT2D eigenvalue weighted by Crippen LogP contribution is 2.36. The number of carbonyl (C=O) groups is 1. The van der Waals surface area contributed by atoms with Crippen LogP contribution in [0, 0.1) is 19.8 Å². The normalized spacial score (nSPS) is 20.9. The molecule has 3 rings (SSSR count). The fourth-order valence-corrected chi connectivity index (χ4v) is 4.28. The fourth-order valence-electron chi connectivity index (χ4n) is 4.28. The molecule has 7 heteroatoms. The summed E-state index contributed by atoms with van der Waals surface area (Å²) >= 11 is 0. The second-order valence-corrected chi connectivity index (χ2v) is 7.19. The van der Waals surface area contributed by atoms with Gasteiger partial charge in [0.25, 0.3) is 0 Å². The summed E-state index contributed by atoms with van der Waals surface area (Å²) in [5, 5.41) is 7.94. The van der Waals surface area contributed by atoms with Gasteiger partial charge in [0.1, 0.15) is 0 Å². The molecule has 0 saturated carbocycles. The summed E-state index contributed by atoms with van der Waals surface area (Å²) in [5.74, 6) is 1.07. The Morgan fingerprint density at radius 2 is 1.88 bits per heavy atom. The lowest BCUT2D eigenvalue weighted by atomic mass is 9.93. The summed E-state index contributed by atoms with van der Waals surface area (Å²) < 4.78 is 1.95. The van der Waals surface area contributed by atoms with Crippen molar-refractivity contribution >= 4 is 30.7 Å². The van der Waals surface area contributed by atoms with E-state index in [0.717, 1.165) is 50.5 Å². The van der Waals surface area contributed by atoms with Crippen molar-refractivity contribution in [3.8, 4) is 0 Å². The maximum Gasteiger partial charge on any atom is 0.223 e. The Morgan fingerprint density at radius 3 is 2.48 bits per heavy atom. The van der Waals surface area contributed by atoms with Crippen molar-refractivity contribution in [2.45, 2.75) is 58.4 Å². The number of carbonyl (C=O) groups excluding carboxylic acids is 1. The number of halogens is 2. The van der Waals surface area contributed by atoms with E-state index in [1.165, 1.54) is 24.1 Å². The minimum absolute atomic E-state index is 0. The minimum Gasteiger partial charge on any atom is -0.336 e. The zero-order chi connectivity index (χ0) is 16.4. The number of aryl methyl sites for hydroxylation is 2. The molecule has 144 valence electrons. The van der Waals surface area contributed by atoms with E-state index < -0.39 is 0 Å². The first-order valence-electron chi connectivity index (χ1n) is 9.08. The van der Waals surface area contributed by atoms with Crippen LogP contribution in [0.3, 0.4) is 0 Å². The summed E-state index contributed by atoms with van der Waals surface area (Å²) in [6.45, 7) is 7.31. The molecule has 1 atom stereocenters. The Balaban J connectivity index is 0.00000156. The number of rotatable bonds is 4. The average molecular weight is 391 g/mol. The van der Waals surface area contributed by atoms with E-state index in [1.54, 1.807) is 0 Å². The minimum atomic E-state index is 0. The third kappa shape index (κ3) is 4.89. The van der Waals surface area contributed by atoms with Crippen LogP contribution in [-0.2, 0) is 11.8 Å². The third-order valence-corrected chi connectivity index (χ3v) is 5.70. The standard InChI is InChI=1S/C18H30N4O.2ClH/c1-13-18(14(2)21(3)20-13)16-5-4-12-22(16)17(23)7-6-15-8-10-19-11-9-15;;/h15-16,19H,4-12H2,1-3H3;2*1H. The van der Waals surface area contributed by atoms with Crippen molar-refractivity contribution in [3.63, 3.8) is 0 Å². The van der Waals surface area contributed by atoms with Crippen LogP contribution < -0.4 is 5.32 Å². The van der Waals surface area contributed by atoms with E-state index in [0.29, 0.717) is 12.3 Å². The molecule has 0 bridgehead atoms. The van der Waals surface area contributed by atoms with Crippen LogP contribution in [0.25, 0.3) is 0 Å². The molecule has 1 unspecified atom stereocenters. The molecule has 1 aromatic rings. The van der Waals surface area contributed by atoms with Gasteiger partial charge in [-0.3, -0.25) is 9.48 Å². The Bertz CT molecular complexity index is 570. The van der Waals surface area contributed by atoms with Gasteiger partial charge in [-0.1, -0.05) is 0 Å². The van der Waals surface area contributed by atoms with Gasteiger partial charge in [-0.25, -0.2) is 0 Å². The average Bonchev–Trinajstić information content (AvgIpc) is 3.11. The number of nitrogens with one attached hydrogen (secondary N) is 1. The number of piperidine rings is 1. The van der Waals surface area contributed by atoms with Gasteiger partial charge in [-0.15, -0.1) is 24.8 Å². The highest BCUT2D eigenvalue weighted by atomic mass is 35.5. The molecule has 1 amide bonds. The quantitative estimate of drug-likeness (QED) is 0.857. The van der Waals surface area contributed by atoms with Crippen LogP contribution in [-0.4, -0.2) is 40.2 Å². The number of nitrogens with zero attached hydrogens (tertiary/aromatic N) is 3. The van der Waals surface area contributed by atoms with Gasteiger partial charge >= 0.3 is 0 Å². The summed E-state index contributed by atoms with van der Waals surface area (Å²) in [6.07, 6.45) is 6.38. The van der Waals surface area contributed by atoms with Gasteiger partial charge in [-0.05, 0) is 65.0 Å². The first-order chi connectivity index (χ1) is 11.1. The molecule has 5 nitrogen and oxygen atoms in total. The molecule has 3 heterocycles. The topological polar surface area (TPSA) is 50.2 Å². The number of hydrogen-bond donors (Lipinski definition) is 1. The predicted octanol–water partition coefficient (Wildman–Crippen LogP) is 3.32. The van der Waals surface area contributed by atoms with Gasteiger partial charge in [0, 0.05) is 31.3 Å². The molecule has 1 aromatic heterocycles. The molecule has 1 N–H and O–H groups in total. The Labute approximate surface area is 163 Å². The van der Waals surface area contributed by atoms with Crippen molar-refractivity contribution in [1.29, 1.82) is 0 Å². The largest absolute Gasteiger partial charge is 0.336 e. The number of amides is 1. The van der Waals surface area contributed by atoms with E-state index >= 15 is 0 Å². The lowest BCUT2D eigenvalue weighted by molar-refractivity contribution is -0.132. The maximum atomic E-state index is 12.8. The van der Waals surface area contributed by atoms with Crippen LogP contribution in [0.1, 0.15) is 61.5 Å². The number of hydrogen-bond acceptors (Lipinski definition) is 3. The van der Waals surface area contributed by atoms with Crippen LogP contribution in [0.4, 0.5) is 0 Å². The maximum absolute atomic E-state index is 12.8. The van der Waals surface area contributed by atoms with E-state index in [2.05, 4.69) is 29.2 Å². The molecule has 0 aromatic carbocycles. The van der Waals surface area contributed by atoms with Gasteiger partial charge in [0.15, 0.2) is 0 Å². The zero-order valence-electron chi connectivity index (χ0n) is 15.6. The molecule has 2 aliphatic rings. The lowest BCUT2D eigenvalue weighted by Crippen LogP contribution is -2.32. The molecule has 2 saturated heterocycles. The predicted molar refractivity (Wildman–Crippen MR) is 106 cm³/mol. The smallest absolute Gasteiger partial charge is 0.223 e.